The van der Waals surface area contributed by atoms with Crippen molar-refractivity contribution in [3.05, 3.63) is 23.4 Å². The molecule has 3 N–H and O–H groups in total. The van der Waals surface area contributed by atoms with Crippen molar-refractivity contribution in [2.24, 2.45) is 11.8 Å². The molecule has 2 heterocycles. The lowest BCUT2D eigenvalue weighted by Crippen LogP contribution is -2.45. The largest absolute Gasteiger partial charge is 0.480 e. The van der Waals surface area contributed by atoms with Gasteiger partial charge in [-0.05, 0) is 62.5 Å². The summed E-state index contributed by atoms with van der Waals surface area (Å²) in [4.78, 5) is 28.3. The summed E-state index contributed by atoms with van der Waals surface area (Å²) in [6, 6.07) is 2.98. The first-order chi connectivity index (χ1) is 16.1. The summed E-state index contributed by atoms with van der Waals surface area (Å²) < 4.78 is 43.6. The fraction of sp³-hybridized carbons (Fsp3) is 0.708. The highest BCUT2D eigenvalue weighted by Crippen LogP contribution is 2.34. The van der Waals surface area contributed by atoms with Gasteiger partial charge in [-0.15, -0.1) is 0 Å². The molecule has 1 aliphatic carbocycles. The van der Waals surface area contributed by atoms with Crippen LogP contribution in [-0.2, 0) is 27.2 Å². The van der Waals surface area contributed by atoms with E-state index in [0.717, 1.165) is 56.6 Å². The number of anilines is 1. The third-order valence-electron chi connectivity index (χ3n) is 6.67. The smallest absolute Gasteiger partial charge is 0.389 e. The van der Waals surface area contributed by atoms with Crippen molar-refractivity contribution in [1.29, 1.82) is 0 Å². The number of hydrogen-bond donors (Lipinski definition) is 3. The van der Waals surface area contributed by atoms with E-state index in [1.54, 1.807) is 0 Å². The van der Waals surface area contributed by atoms with Crippen molar-refractivity contribution >= 4 is 17.7 Å². The molecule has 1 fully saturated rings. The molecule has 34 heavy (non-hydrogen) atoms. The standard InChI is InChI=1S/C24H34F3N3O4/c1-2-16(14-24(25,26)27)22(31)30-20(23(32)33)9-11-34-19-12-15(13-19)5-7-18-8-6-17-4-3-10-28-21(17)29-18/h6,8,15-16,19-20H,2-5,7,9-14H2,1H3,(H,28,29)(H,30,31)(H,32,33)/t15-,16?,19-,20?. The highest BCUT2D eigenvalue weighted by molar-refractivity contribution is 5.84. The van der Waals surface area contributed by atoms with Gasteiger partial charge in [0, 0.05) is 31.2 Å². The van der Waals surface area contributed by atoms with Gasteiger partial charge in [-0.3, -0.25) is 4.79 Å². The Hall–Kier alpha value is -2.36. The monoisotopic (exact) mass is 485 g/mol. The summed E-state index contributed by atoms with van der Waals surface area (Å²) in [5, 5.41) is 14.9. The number of carboxylic acid groups (broad SMARTS) is 1. The van der Waals surface area contributed by atoms with E-state index in [1.165, 1.54) is 12.5 Å². The Morgan fingerprint density at radius 1 is 1.32 bits per heavy atom. The molecule has 7 nitrogen and oxygen atoms in total. The molecule has 0 bridgehead atoms. The number of aliphatic carboxylic acids is 1. The summed E-state index contributed by atoms with van der Waals surface area (Å²) >= 11 is 0. The van der Waals surface area contributed by atoms with E-state index in [2.05, 4.69) is 22.8 Å². The van der Waals surface area contributed by atoms with Crippen LogP contribution in [0.4, 0.5) is 19.0 Å². The van der Waals surface area contributed by atoms with Gasteiger partial charge in [-0.2, -0.15) is 13.2 Å². The van der Waals surface area contributed by atoms with Crippen LogP contribution in [0, 0.1) is 11.8 Å². The first-order valence-corrected chi connectivity index (χ1v) is 12.1. The number of pyridine rings is 1. The SMILES string of the molecule is CCC(CC(F)(F)F)C(=O)NC(CCO[C@H]1C[C@H](CCc2ccc3c(n2)NCCC3)C1)C(=O)O. The lowest BCUT2D eigenvalue weighted by atomic mass is 9.79. The Bertz CT molecular complexity index is 843. The first kappa shape index (κ1) is 26.2. The van der Waals surface area contributed by atoms with E-state index < -0.39 is 36.4 Å². The Balaban J connectivity index is 1.34. The van der Waals surface area contributed by atoms with Gasteiger partial charge in [0.25, 0.3) is 0 Å². The third-order valence-corrected chi connectivity index (χ3v) is 6.67. The number of aromatic nitrogens is 1. The zero-order valence-corrected chi connectivity index (χ0v) is 19.5. The van der Waals surface area contributed by atoms with E-state index in [9.17, 15) is 27.9 Å². The molecule has 190 valence electrons. The minimum Gasteiger partial charge on any atom is -0.480 e. The second-order valence-electron chi connectivity index (χ2n) is 9.32. The molecule has 2 unspecified atom stereocenters. The first-order valence-electron chi connectivity index (χ1n) is 12.1. The molecule has 1 saturated carbocycles. The number of carbonyl (C=O) groups is 2. The summed E-state index contributed by atoms with van der Waals surface area (Å²) in [5.41, 5.74) is 2.35. The van der Waals surface area contributed by atoms with Crippen molar-refractivity contribution in [3.8, 4) is 0 Å². The van der Waals surface area contributed by atoms with Gasteiger partial charge >= 0.3 is 12.1 Å². The van der Waals surface area contributed by atoms with Crippen molar-refractivity contribution in [2.75, 3.05) is 18.5 Å². The summed E-state index contributed by atoms with van der Waals surface area (Å²) in [6.45, 7) is 2.56. The van der Waals surface area contributed by atoms with Gasteiger partial charge in [0.2, 0.25) is 5.91 Å². The van der Waals surface area contributed by atoms with E-state index in [0.29, 0.717) is 5.92 Å². The highest BCUT2D eigenvalue weighted by atomic mass is 19.4. The van der Waals surface area contributed by atoms with Crippen LogP contribution in [0.15, 0.2) is 12.1 Å². The predicted molar refractivity (Wildman–Crippen MR) is 120 cm³/mol. The number of rotatable bonds is 12. The maximum atomic E-state index is 12.6. The number of amides is 1. The molecule has 2 aliphatic rings. The molecule has 10 heteroatoms. The lowest BCUT2D eigenvalue weighted by Gasteiger charge is -2.35. The minimum absolute atomic E-state index is 0.0107. The van der Waals surface area contributed by atoms with Gasteiger partial charge in [-0.25, -0.2) is 9.78 Å². The third kappa shape index (κ3) is 7.85. The molecular formula is C24H34F3N3O4. The van der Waals surface area contributed by atoms with E-state index in [1.807, 2.05) is 0 Å². The predicted octanol–water partition coefficient (Wildman–Crippen LogP) is 4.11. The molecule has 0 radical (unpaired) electrons. The molecule has 0 saturated heterocycles. The Kier molecular flexibility index (Phi) is 9.16. The van der Waals surface area contributed by atoms with Crippen molar-refractivity contribution in [2.45, 2.75) is 83.0 Å². The van der Waals surface area contributed by atoms with Crippen molar-refractivity contribution < 1.29 is 32.6 Å². The quantitative estimate of drug-likeness (QED) is 0.412. The topological polar surface area (TPSA) is 101 Å². The van der Waals surface area contributed by atoms with Crippen LogP contribution in [-0.4, -0.2) is 53.4 Å². The Morgan fingerprint density at radius 3 is 2.76 bits per heavy atom. The Morgan fingerprint density at radius 2 is 2.09 bits per heavy atom. The minimum atomic E-state index is -4.48. The van der Waals surface area contributed by atoms with E-state index >= 15 is 0 Å². The molecule has 1 aromatic rings. The molecule has 0 spiro atoms. The van der Waals surface area contributed by atoms with Crippen molar-refractivity contribution in [3.63, 3.8) is 0 Å². The fourth-order valence-electron chi connectivity index (χ4n) is 4.51. The van der Waals surface area contributed by atoms with Crippen molar-refractivity contribution in [1.82, 2.24) is 10.3 Å². The highest BCUT2D eigenvalue weighted by Gasteiger charge is 2.36. The second kappa shape index (κ2) is 11.9. The van der Waals surface area contributed by atoms with Gasteiger partial charge in [0.1, 0.15) is 11.9 Å². The van der Waals surface area contributed by atoms with Gasteiger partial charge in [0.15, 0.2) is 0 Å². The van der Waals surface area contributed by atoms with Gasteiger partial charge in [0.05, 0.1) is 12.5 Å². The number of alkyl halides is 3. The lowest BCUT2D eigenvalue weighted by molar-refractivity contribution is -0.156. The normalized spacial score (nSPS) is 21.5. The molecule has 0 aromatic carbocycles. The molecule has 1 aliphatic heterocycles. The molecule has 1 aromatic heterocycles. The summed E-state index contributed by atoms with van der Waals surface area (Å²) in [6.07, 6.45) is 0.172. The van der Waals surface area contributed by atoms with Crippen LogP contribution in [0.5, 0.6) is 0 Å². The molecule has 2 atom stereocenters. The van der Waals surface area contributed by atoms with Crippen LogP contribution in [0.3, 0.4) is 0 Å². The number of nitrogens with one attached hydrogen (secondary N) is 2. The maximum absolute atomic E-state index is 12.6. The number of nitrogens with zero attached hydrogens (tertiary/aromatic N) is 1. The van der Waals surface area contributed by atoms with Crippen LogP contribution in [0.1, 0.15) is 63.1 Å². The van der Waals surface area contributed by atoms with Crippen LogP contribution in [0.25, 0.3) is 0 Å². The molecular weight excluding hydrogens is 451 g/mol. The average molecular weight is 486 g/mol. The molecule has 3 rings (SSSR count). The maximum Gasteiger partial charge on any atom is 0.389 e. The van der Waals surface area contributed by atoms with Crippen LogP contribution < -0.4 is 10.6 Å². The number of halogens is 3. The zero-order chi connectivity index (χ0) is 24.7. The average Bonchev–Trinajstić information content (AvgIpc) is 2.76. The number of carboxylic acids is 1. The van der Waals surface area contributed by atoms with Gasteiger partial charge in [-0.1, -0.05) is 13.0 Å². The summed E-state index contributed by atoms with van der Waals surface area (Å²) in [7, 11) is 0. The second-order valence-corrected chi connectivity index (χ2v) is 9.32. The Labute approximate surface area is 197 Å². The molecule has 1 amide bonds. The number of carbonyl (C=O) groups excluding carboxylic acids is 1. The zero-order valence-electron chi connectivity index (χ0n) is 19.5. The van der Waals surface area contributed by atoms with E-state index in [4.69, 9.17) is 9.72 Å². The van der Waals surface area contributed by atoms with Gasteiger partial charge < -0.3 is 20.5 Å². The fourth-order valence-corrected chi connectivity index (χ4v) is 4.51. The van der Waals surface area contributed by atoms with E-state index in [-0.39, 0.29) is 25.6 Å². The number of hydrogen-bond acceptors (Lipinski definition) is 5. The number of aryl methyl sites for hydroxylation is 2. The number of fused-ring (bicyclic) bond motifs is 1. The van der Waals surface area contributed by atoms with Crippen LogP contribution >= 0.6 is 0 Å². The number of ether oxygens (including phenoxy) is 1. The van der Waals surface area contributed by atoms with Crippen LogP contribution in [0.2, 0.25) is 0 Å². The summed E-state index contributed by atoms with van der Waals surface area (Å²) in [5.74, 6) is -1.93.